The third-order valence-corrected chi connectivity index (χ3v) is 1.43. The van der Waals surface area contributed by atoms with Crippen molar-refractivity contribution in [1.82, 2.24) is 20.2 Å². The summed E-state index contributed by atoms with van der Waals surface area (Å²) < 4.78 is 0. The first-order chi connectivity index (χ1) is 6.34. The van der Waals surface area contributed by atoms with Gasteiger partial charge in [-0.3, -0.25) is 5.10 Å². The molecule has 0 saturated heterocycles. The molecule has 0 aliphatic carbocycles. The molecule has 0 aliphatic heterocycles. The van der Waals surface area contributed by atoms with E-state index in [0.29, 0.717) is 11.6 Å². The van der Waals surface area contributed by atoms with E-state index in [2.05, 4.69) is 25.5 Å². The van der Waals surface area contributed by atoms with Gasteiger partial charge in [0.25, 0.3) is 0 Å². The standard InChI is InChI=1S/C7H8N6/c8-5-1-9-7(10-2-5)13-6-3-11-12-4-6/h1-4H,8H2,(H,11,12)(H,9,10,13). The van der Waals surface area contributed by atoms with Gasteiger partial charge in [0.15, 0.2) is 0 Å². The molecule has 0 spiro atoms. The van der Waals surface area contributed by atoms with E-state index in [0.717, 1.165) is 5.69 Å². The van der Waals surface area contributed by atoms with Gasteiger partial charge in [-0.1, -0.05) is 0 Å². The molecule has 0 unspecified atom stereocenters. The Balaban J connectivity index is 2.15. The number of H-pyrrole nitrogens is 1. The highest BCUT2D eigenvalue weighted by molar-refractivity contribution is 5.50. The van der Waals surface area contributed by atoms with Crippen LogP contribution in [0.3, 0.4) is 0 Å². The fraction of sp³-hybridized carbons (Fsp3) is 0. The van der Waals surface area contributed by atoms with Crippen molar-refractivity contribution < 1.29 is 0 Å². The van der Waals surface area contributed by atoms with Gasteiger partial charge in [-0.25, -0.2) is 9.97 Å². The minimum atomic E-state index is 0.496. The van der Waals surface area contributed by atoms with Gasteiger partial charge in [-0.2, -0.15) is 5.10 Å². The predicted molar refractivity (Wildman–Crippen MR) is 48.3 cm³/mol. The number of aromatic amines is 1. The lowest BCUT2D eigenvalue weighted by Crippen LogP contribution is -1.96. The maximum atomic E-state index is 5.43. The van der Waals surface area contributed by atoms with Gasteiger partial charge in [-0.15, -0.1) is 0 Å². The third-order valence-electron chi connectivity index (χ3n) is 1.43. The number of hydrogen-bond donors (Lipinski definition) is 3. The summed E-state index contributed by atoms with van der Waals surface area (Å²) in [7, 11) is 0. The van der Waals surface area contributed by atoms with Crippen molar-refractivity contribution in [3.8, 4) is 0 Å². The van der Waals surface area contributed by atoms with Gasteiger partial charge in [0.05, 0.1) is 30.0 Å². The maximum absolute atomic E-state index is 5.43. The Morgan fingerprint density at radius 1 is 1.23 bits per heavy atom. The van der Waals surface area contributed by atoms with E-state index in [1.165, 1.54) is 12.4 Å². The molecule has 66 valence electrons. The number of nitrogens with one attached hydrogen (secondary N) is 2. The van der Waals surface area contributed by atoms with E-state index in [4.69, 9.17) is 5.73 Å². The topological polar surface area (TPSA) is 92.5 Å². The van der Waals surface area contributed by atoms with Crippen LogP contribution in [0.15, 0.2) is 24.8 Å². The molecule has 13 heavy (non-hydrogen) atoms. The summed E-state index contributed by atoms with van der Waals surface area (Å²) in [5.41, 5.74) is 6.78. The monoisotopic (exact) mass is 176 g/mol. The average Bonchev–Trinajstić information content (AvgIpc) is 2.62. The number of aromatic nitrogens is 4. The van der Waals surface area contributed by atoms with Gasteiger partial charge in [0.2, 0.25) is 5.95 Å². The number of nitrogen functional groups attached to an aromatic ring is 1. The molecule has 2 aromatic heterocycles. The SMILES string of the molecule is Nc1cnc(Nc2cn[nH]c2)nc1. The van der Waals surface area contributed by atoms with E-state index < -0.39 is 0 Å². The van der Waals surface area contributed by atoms with Crippen LogP contribution in [0, 0.1) is 0 Å². The second kappa shape index (κ2) is 3.10. The lowest BCUT2D eigenvalue weighted by molar-refractivity contribution is 1.09. The summed E-state index contributed by atoms with van der Waals surface area (Å²) in [6, 6.07) is 0. The highest BCUT2D eigenvalue weighted by Gasteiger charge is 1.96. The summed E-state index contributed by atoms with van der Waals surface area (Å²) in [5.74, 6) is 0.496. The molecule has 2 heterocycles. The number of rotatable bonds is 2. The first-order valence-electron chi connectivity index (χ1n) is 3.68. The smallest absolute Gasteiger partial charge is 0.227 e. The number of anilines is 3. The molecular weight excluding hydrogens is 168 g/mol. The van der Waals surface area contributed by atoms with Crippen molar-refractivity contribution in [3.63, 3.8) is 0 Å². The Morgan fingerprint density at radius 3 is 2.62 bits per heavy atom. The Bertz CT molecular complexity index is 364. The Hall–Kier alpha value is -2.11. The average molecular weight is 176 g/mol. The fourth-order valence-electron chi connectivity index (χ4n) is 0.851. The van der Waals surface area contributed by atoms with Crippen molar-refractivity contribution in [2.45, 2.75) is 0 Å². The molecule has 2 rings (SSSR count). The number of nitrogens with zero attached hydrogens (tertiary/aromatic N) is 3. The summed E-state index contributed by atoms with van der Waals surface area (Å²) in [4.78, 5) is 7.93. The van der Waals surface area contributed by atoms with Crippen LogP contribution in [0.1, 0.15) is 0 Å². The zero-order valence-electron chi connectivity index (χ0n) is 6.73. The third kappa shape index (κ3) is 1.73. The zero-order valence-corrected chi connectivity index (χ0v) is 6.73. The largest absolute Gasteiger partial charge is 0.396 e. The van der Waals surface area contributed by atoms with E-state index in [9.17, 15) is 0 Å². The minimum Gasteiger partial charge on any atom is -0.396 e. The summed E-state index contributed by atoms with van der Waals surface area (Å²) in [6.45, 7) is 0. The van der Waals surface area contributed by atoms with E-state index >= 15 is 0 Å². The van der Waals surface area contributed by atoms with Gasteiger partial charge in [0, 0.05) is 6.20 Å². The number of hydrogen-bond acceptors (Lipinski definition) is 5. The normalized spacial score (nSPS) is 9.85. The molecule has 0 radical (unpaired) electrons. The quantitative estimate of drug-likeness (QED) is 0.620. The van der Waals surface area contributed by atoms with Gasteiger partial charge >= 0.3 is 0 Å². The van der Waals surface area contributed by atoms with Crippen molar-refractivity contribution >= 4 is 17.3 Å². The summed E-state index contributed by atoms with van der Waals surface area (Å²) in [6.07, 6.45) is 6.42. The van der Waals surface area contributed by atoms with Crippen LogP contribution in [0.25, 0.3) is 0 Å². The first-order valence-corrected chi connectivity index (χ1v) is 3.68. The van der Waals surface area contributed by atoms with Crippen LogP contribution in [-0.2, 0) is 0 Å². The van der Waals surface area contributed by atoms with E-state index in [1.54, 1.807) is 12.4 Å². The van der Waals surface area contributed by atoms with Crippen LogP contribution < -0.4 is 11.1 Å². The molecule has 0 aromatic carbocycles. The van der Waals surface area contributed by atoms with Crippen molar-refractivity contribution in [2.75, 3.05) is 11.1 Å². The second-order valence-electron chi connectivity index (χ2n) is 2.45. The van der Waals surface area contributed by atoms with E-state index in [-0.39, 0.29) is 0 Å². The van der Waals surface area contributed by atoms with Gasteiger partial charge in [0.1, 0.15) is 0 Å². The summed E-state index contributed by atoms with van der Waals surface area (Å²) >= 11 is 0. The van der Waals surface area contributed by atoms with Gasteiger partial charge < -0.3 is 11.1 Å². The molecule has 0 atom stereocenters. The van der Waals surface area contributed by atoms with Crippen LogP contribution in [0.5, 0.6) is 0 Å². The molecule has 0 fully saturated rings. The molecule has 0 aliphatic rings. The molecule has 6 nitrogen and oxygen atoms in total. The Kier molecular flexibility index (Phi) is 1.79. The van der Waals surface area contributed by atoms with Crippen molar-refractivity contribution in [3.05, 3.63) is 24.8 Å². The molecule has 0 amide bonds. The van der Waals surface area contributed by atoms with Crippen LogP contribution >= 0.6 is 0 Å². The van der Waals surface area contributed by atoms with Gasteiger partial charge in [-0.05, 0) is 0 Å². The number of nitrogens with two attached hydrogens (primary N) is 1. The predicted octanol–water partition coefficient (Wildman–Crippen LogP) is 0.526. The molecule has 0 bridgehead atoms. The maximum Gasteiger partial charge on any atom is 0.227 e. The fourth-order valence-corrected chi connectivity index (χ4v) is 0.851. The molecule has 4 N–H and O–H groups in total. The molecule has 0 saturated carbocycles. The summed E-state index contributed by atoms with van der Waals surface area (Å²) in [5, 5.41) is 9.38. The van der Waals surface area contributed by atoms with Crippen LogP contribution in [-0.4, -0.2) is 20.2 Å². The molecular formula is C7H8N6. The molecule has 2 aromatic rings. The highest BCUT2D eigenvalue weighted by atomic mass is 15.2. The van der Waals surface area contributed by atoms with Crippen LogP contribution in [0.4, 0.5) is 17.3 Å². The Morgan fingerprint density at radius 2 is 2.00 bits per heavy atom. The van der Waals surface area contributed by atoms with Crippen molar-refractivity contribution in [1.29, 1.82) is 0 Å². The molecule has 6 heteroatoms. The highest BCUT2D eigenvalue weighted by Crippen LogP contribution is 2.09. The lowest BCUT2D eigenvalue weighted by Gasteiger charge is -1.99. The lowest BCUT2D eigenvalue weighted by atomic mass is 10.5. The first kappa shape index (κ1) is 7.53. The Labute approximate surface area is 74.2 Å². The second-order valence-corrected chi connectivity index (χ2v) is 2.45. The zero-order chi connectivity index (χ0) is 9.10. The van der Waals surface area contributed by atoms with Crippen LogP contribution in [0.2, 0.25) is 0 Å². The van der Waals surface area contributed by atoms with E-state index in [1.807, 2.05) is 0 Å². The van der Waals surface area contributed by atoms with Crippen molar-refractivity contribution in [2.24, 2.45) is 0 Å². The minimum absolute atomic E-state index is 0.496.